The molecule has 1 aliphatic rings. The van der Waals surface area contributed by atoms with Crippen molar-refractivity contribution >= 4 is 41.3 Å². The van der Waals surface area contributed by atoms with E-state index in [1.54, 1.807) is 0 Å². The van der Waals surface area contributed by atoms with Crippen LogP contribution in [0.5, 0.6) is 0 Å². The lowest BCUT2D eigenvalue weighted by molar-refractivity contribution is 0.371. The van der Waals surface area contributed by atoms with Gasteiger partial charge in [0, 0.05) is 48.6 Å². The minimum atomic E-state index is 0. The molecule has 0 aromatic heterocycles. The Morgan fingerprint density at radius 2 is 2.00 bits per heavy atom. The number of hydrogen-bond donors (Lipinski definition) is 0. The third-order valence-electron chi connectivity index (χ3n) is 2.80. The molecule has 1 aromatic rings. The summed E-state index contributed by atoms with van der Waals surface area (Å²) >= 11 is 11.7. The molecule has 0 spiro atoms. The maximum Gasteiger partial charge on any atom is 0.0426 e. The average molecular weight is 308 g/mol. The molecule has 1 heterocycles. The summed E-state index contributed by atoms with van der Waals surface area (Å²) in [6.45, 7) is 3.04. The van der Waals surface area contributed by atoms with E-state index in [-0.39, 0.29) is 12.4 Å². The zero-order valence-corrected chi connectivity index (χ0v) is 12.4. The Morgan fingerprint density at radius 3 is 2.61 bits per heavy atom. The van der Waals surface area contributed by atoms with Crippen LogP contribution in [0.4, 0.5) is 5.69 Å². The van der Waals surface area contributed by atoms with Gasteiger partial charge in [0.05, 0.1) is 0 Å². The lowest BCUT2D eigenvalue weighted by atomic mass is 10.2. The largest absolute Gasteiger partial charge is 0.374 e. The van der Waals surface area contributed by atoms with Gasteiger partial charge < -0.3 is 9.80 Å². The van der Waals surface area contributed by atoms with Gasteiger partial charge in [0.15, 0.2) is 0 Å². The molecule has 0 bridgehead atoms. The minimum Gasteiger partial charge on any atom is -0.374 e. The first kappa shape index (κ1) is 15.5. The van der Waals surface area contributed by atoms with Crippen LogP contribution in [0.25, 0.3) is 0 Å². The lowest BCUT2D eigenvalue weighted by Crippen LogP contribution is -2.35. The monoisotopic (exact) mass is 306 g/mol. The van der Waals surface area contributed by atoms with Crippen molar-refractivity contribution in [1.29, 1.82) is 0 Å². The van der Waals surface area contributed by atoms with Crippen molar-refractivity contribution < 1.29 is 0 Å². The molecule has 18 heavy (non-hydrogen) atoms. The molecule has 0 N–H and O–H groups in total. The van der Waals surface area contributed by atoms with Crippen molar-refractivity contribution in [2.24, 2.45) is 0 Å². The van der Waals surface area contributed by atoms with E-state index in [4.69, 9.17) is 23.2 Å². The highest BCUT2D eigenvalue weighted by Gasteiger charge is 2.10. The summed E-state index contributed by atoms with van der Waals surface area (Å²) < 4.78 is 0. The van der Waals surface area contributed by atoms with Gasteiger partial charge in [0.1, 0.15) is 0 Å². The molecule has 0 amide bonds. The third-order valence-corrected chi connectivity index (χ3v) is 3.31. The molecule has 2 rings (SSSR count). The molecule has 2 nitrogen and oxygen atoms in total. The van der Waals surface area contributed by atoms with Crippen molar-refractivity contribution in [2.75, 3.05) is 30.4 Å². The SMILES string of the molecule is Cl.ClCCCN1C=CN(c2cccc(Cl)c2)CC1. The van der Waals surface area contributed by atoms with Gasteiger partial charge in [-0.2, -0.15) is 0 Å². The highest BCUT2D eigenvalue weighted by atomic mass is 35.5. The van der Waals surface area contributed by atoms with Crippen molar-refractivity contribution in [2.45, 2.75) is 6.42 Å². The summed E-state index contributed by atoms with van der Waals surface area (Å²) in [5, 5.41) is 0.778. The molecule has 0 saturated heterocycles. The van der Waals surface area contributed by atoms with Crippen LogP contribution in [0.2, 0.25) is 5.02 Å². The fourth-order valence-corrected chi connectivity index (χ4v) is 2.18. The van der Waals surface area contributed by atoms with E-state index in [0.29, 0.717) is 0 Å². The van der Waals surface area contributed by atoms with Crippen LogP contribution in [0.1, 0.15) is 6.42 Å². The Morgan fingerprint density at radius 1 is 1.17 bits per heavy atom. The average Bonchev–Trinajstić information content (AvgIpc) is 2.37. The van der Waals surface area contributed by atoms with Crippen molar-refractivity contribution in [1.82, 2.24) is 4.90 Å². The van der Waals surface area contributed by atoms with Gasteiger partial charge >= 0.3 is 0 Å². The van der Waals surface area contributed by atoms with Crippen molar-refractivity contribution in [3.05, 3.63) is 41.7 Å². The van der Waals surface area contributed by atoms with E-state index in [1.165, 1.54) is 0 Å². The molecule has 0 radical (unpaired) electrons. The quantitative estimate of drug-likeness (QED) is 0.776. The van der Waals surface area contributed by atoms with Crippen LogP contribution < -0.4 is 4.90 Å². The van der Waals surface area contributed by atoms with Gasteiger partial charge in [0.2, 0.25) is 0 Å². The van der Waals surface area contributed by atoms with Crippen molar-refractivity contribution in [3.8, 4) is 0 Å². The molecular formula is C13H17Cl3N2. The van der Waals surface area contributed by atoms with E-state index in [2.05, 4.69) is 28.3 Å². The smallest absolute Gasteiger partial charge is 0.0426 e. The van der Waals surface area contributed by atoms with Crippen LogP contribution in [0.15, 0.2) is 36.7 Å². The molecule has 0 aliphatic carbocycles. The fraction of sp³-hybridized carbons (Fsp3) is 0.385. The van der Waals surface area contributed by atoms with Gasteiger partial charge in [-0.15, -0.1) is 24.0 Å². The summed E-state index contributed by atoms with van der Waals surface area (Å²) in [5.41, 5.74) is 1.14. The van der Waals surface area contributed by atoms with E-state index < -0.39 is 0 Å². The summed E-state index contributed by atoms with van der Waals surface area (Å²) in [5.74, 6) is 0.725. The maximum absolute atomic E-state index is 5.99. The van der Waals surface area contributed by atoms with Gasteiger partial charge in [0.25, 0.3) is 0 Å². The van der Waals surface area contributed by atoms with E-state index in [9.17, 15) is 0 Å². The topological polar surface area (TPSA) is 6.48 Å². The standard InChI is InChI=1S/C13H16Cl2N2.ClH/c14-5-2-6-16-7-9-17(10-8-16)13-4-1-3-12(15)11-13;/h1,3-4,7,9,11H,2,5-6,8,10H2;1H. The van der Waals surface area contributed by atoms with Crippen LogP contribution >= 0.6 is 35.6 Å². The Labute approximate surface area is 125 Å². The Balaban J connectivity index is 0.00000162. The van der Waals surface area contributed by atoms with Gasteiger partial charge in [-0.25, -0.2) is 0 Å². The second-order valence-corrected chi connectivity index (χ2v) is 4.86. The van der Waals surface area contributed by atoms with Gasteiger partial charge in [-0.3, -0.25) is 0 Å². The zero-order chi connectivity index (χ0) is 12.1. The number of anilines is 1. The van der Waals surface area contributed by atoms with Gasteiger partial charge in [-0.05, 0) is 24.6 Å². The highest BCUT2D eigenvalue weighted by molar-refractivity contribution is 6.30. The highest BCUT2D eigenvalue weighted by Crippen LogP contribution is 2.21. The summed E-state index contributed by atoms with van der Waals surface area (Å²) in [7, 11) is 0. The molecule has 1 aromatic carbocycles. The number of benzene rings is 1. The normalized spacial score (nSPS) is 14.6. The number of nitrogens with zero attached hydrogens (tertiary/aromatic N) is 2. The molecule has 0 fully saturated rings. The summed E-state index contributed by atoms with van der Waals surface area (Å²) in [4.78, 5) is 4.51. The predicted octanol–water partition coefficient (Wildman–Crippen LogP) is 3.98. The van der Waals surface area contributed by atoms with Crippen LogP contribution in [-0.4, -0.2) is 30.4 Å². The minimum absolute atomic E-state index is 0. The van der Waals surface area contributed by atoms with Crippen LogP contribution in [0, 0.1) is 0 Å². The van der Waals surface area contributed by atoms with E-state index >= 15 is 0 Å². The second kappa shape index (κ2) is 7.78. The zero-order valence-electron chi connectivity index (χ0n) is 10.1. The van der Waals surface area contributed by atoms with E-state index in [0.717, 1.165) is 42.6 Å². The molecule has 0 saturated carbocycles. The Kier molecular flexibility index (Phi) is 6.69. The third kappa shape index (κ3) is 4.27. The summed E-state index contributed by atoms with van der Waals surface area (Å²) in [6.07, 6.45) is 5.25. The lowest BCUT2D eigenvalue weighted by Gasteiger charge is -2.31. The molecule has 0 unspecified atom stereocenters. The first-order chi connectivity index (χ1) is 8.29. The Hall–Kier alpha value is -0.570. The van der Waals surface area contributed by atoms with E-state index in [1.807, 2.05) is 18.2 Å². The number of alkyl halides is 1. The molecule has 100 valence electrons. The Bertz CT molecular complexity index is 396. The molecule has 1 aliphatic heterocycles. The fourth-order valence-electron chi connectivity index (χ4n) is 1.88. The number of rotatable bonds is 4. The second-order valence-electron chi connectivity index (χ2n) is 4.05. The van der Waals surface area contributed by atoms with Crippen LogP contribution in [-0.2, 0) is 0 Å². The molecule has 0 atom stereocenters. The van der Waals surface area contributed by atoms with Gasteiger partial charge in [-0.1, -0.05) is 17.7 Å². The summed E-state index contributed by atoms with van der Waals surface area (Å²) in [6, 6.07) is 7.93. The first-order valence-corrected chi connectivity index (χ1v) is 6.71. The number of hydrogen-bond acceptors (Lipinski definition) is 2. The molecular weight excluding hydrogens is 291 g/mol. The maximum atomic E-state index is 5.99. The van der Waals surface area contributed by atoms with Crippen molar-refractivity contribution in [3.63, 3.8) is 0 Å². The number of halogens is 3. The van der Waals surface area contributed by atoms with Crippen LogP contribution in [0.3, 0.4) is 0 Å². The molecule has 5 heteroatoms. The predicted molar refractivity (Wildman–Crippen MR) is 82.1 cm³/mol. The first-order valence-electron chi connectivity index (χ1n) is 5.80.